The monoisotopic (exact) mass is 276 g/mol. The van der Waals surface area contributed by atoms with E-state index in [0.717, 1.165) is 37.2 Å². The largest absolute Gasteiger partial charge is 0.368 e. The number of nitrogen functional groups attached to an aromatic ring is 1. The van der Waals surface area contributed by atoms with Crippen LogP contribution in [0.4, 0.5) is 17.6 Å². The van der Waals surface area contributed by atoms with Gasteiger partial charge in [-0.1, -0.05) is 0 Å². The van der Waals surface area contributed by atoms with Crippen molar-refractivity contribution in [3.8, 4) is 0 Å². The average Bonchev–Trinajstić information content (AvgIpc) is 2.80. The van der Waals surface area contributed by atoms with Crippen molar-refractivity contribution in [2.45, 2.75) is 38.8 Å². The highest BCUT2D eigenvalue weighted by atomic mass is 15.3. The summed E-state index contributed by atoms with van der Waals surface area (Å²) in [6.45, 7) is 7.40. The first-order valence-corrected chi connectivity index (χ1v) is 7.51. The molecule has 2 aliphatic rings. The van der Waals surface area contributed by atoms with Crippen molar-refractivity contribution in [3.63, 3.8) is 0 Å². The van der Waals surface area contributed by atoms with Crippen LogP contribution in [0.3, 0.4) is 0 Å². The molecule has 110 valence electrons. The summed E-state index contributed by atoms with van der Waals surface area (Å²) in [6, 6.07) is 2.94. The number of fused-ring (bicyclic) bond motifs is 1. The molecule has 6 nitrogen and oxygen atoms in total. The van der Waals surface area contributed by atoms with Gasteiger partial charge in [-0.2, -0.15) is 9.97 Å². The van der Waals surface area contributed by atoms with E-state index in [1.165, 1.54) is 12.8 Å². The Morgan fingerprint density at radius 3 is 3.00 bits per heavy atom. The van der Waals surface area contributed by atoms with E-state index >= 15 is 0 Å². The molecule has 3 rings (SSSR count). The lowest BCUT2D eigenvalue weighted by Gasteiger charge is -2.24. The number of aromatic nitrogens is 2. The van der Waals surface area contributed by atoms with Gasteiger partial charge in [0, 0.05) is 31.2 Å². The van der Waals surface area contributed by atoms with Gasteiger partial charge in [-0.15, -0.1) is 0 Å². The fraction of sp³-hybridized carbons (Fsp3) is 0.714. The van der Waals surface area contributed by atoms with E-state index in [2.05, 4.69) is 39.3 Å². The molecule has 1 aromatic heterocycles. The highest BCUT2D eigenvalue weighted by molar-refractivity contribution is 5.53. The van der Waals surface area contributed by atoms with Crippen LogP contribution < -0.4 is 21.3 Å². The van der Waals surface area contributed by atoms with Gasteiger partial charge in [-0.3, -0.25) is 0 Å². The molecule has 0 spiro atoms. The van der Waals surface area contributed by atoms with Gasteiger partial charge in [0.05, 0.1) is 0 Å². The summed E-state index contributed by atoms with van der Waals surface area (Å²) in [4.78, 5) is 11.0. The Kier molecular flexibility index (Phi) is 3.65. The van der Waals surface area contributed by atoms with Gasteiger partial charge < -0.3 is 21.3 Å². The summed E-state index contributed by atoms with van der Waals surface area (Å²) in [5, 5.41) is 6.91. The Hall–Kier alpha value is -1.56. The molecule has 0 aromatic carbocycles. The second-order valence-corrected chi connectivity index (χ2v) is 6.14. The van der Waals surface area contributed by atoms with E-state index < -0.39 is 0 Å². The number of anilines is 3. The standard InChI is InChI=1S/C14H24N6/c1-9(2)17-12-6-13(19-14(15)18-12)20-7-10-4-3-5-16-11(10)8-20/h6,9-11,16H,3-5,7-8H2,1-2H3,(H3,15,17,18,19)/t10-,11+/m0/s1. The molecule has 0 radical (unpaired) electrons. The predicted octanol–water partition coefficient (Wildman–Crippen LogP) is 1.07. The SMILES string of the molecule is CC(C)Nc1cc(N2C[C@@H]3CCCN[C@@H]3C2)nc(N)n1. The molecule has 2 saturated heterocycles. The fourth-order valence-electron chi connectivity index (χ4n) is 3.22. The third kappa shape index (κ3) is 2.80. The van der Waals surface area contributed by atoms with Gasteiger partial charge >= 0.3 is 0 Å². The zero-order valence-corrected chi connectivity index (χ0v) is 12.3. The molecule has 4 N–H and O–H groups in total. The first-order chi connectivity index (χ1) is 9.61. The molecule has 20 heavy (non-hydrogen) atoms. The van der Waals surface area contributed by atoms with E-state index in [1.807, 2.05) is 6.07 Å². The van der Waals surface area contributed by atoms with Crippen LogP contribution in [0.5, 0.6) is 0 Å². The second-order valence-electron chi connectivity index (χ2n) is 6.14. The van der Waals surface area contributed by atoms with Crippen LogP contribution in [-0.2, 0) is 0 Å². The molecule has 0 unspecified atom stereocenters. The van der Waals surface area contributed by atoms with Crippen molar-refractivity contribution >= 4 is 17.6 Å². The maximum Gasteiger partial charge on any atom is 0.223 e. The Balaban J connectivity index is 1.78. The molecule has 2 aliphatic heterocycles. The predicted molar refractivity (Wildman–Crippen MR) is 81.9 cm³/mol. The van der Waals surface area contributed by atoms with Crippen LogP contribution in [0.1, 0.15) is 26.7 Å². The highest BCUT2D eigenvalue weighted by Gasteiger charge is 2.34. The van der Waals surface area contributed by atoms with Crippen LogP contribution in [0, 0.1) is 5.92 Å². The van der Waals surface area contributed by atoms with E-state index in [4.69, 9.17) is 5.73 Å². The normalized spacial score (nSPS) is 25.9. The topological polar surface area (TPSA) is 79.1 Å². The van der Waals surface area contributed by atoms with Gasteiger partial charge in [-0.05, 0) is 39.2 Å². The number of rotatable bonds is 3. The van der Waals surface area contributed by atoms with Crippen molar-refractivity contribution in [1.29, 1.82) is 0 Å². The molecular weight excluding hydrogens is 252 g/mol. The van der Waals surface area contributed by atoms with Crippen LogP contribution in [-0.4, -0.2) is 41.7 Å². The number of nitrogens with one attached hydrogen (secondary N) is 2. The van der Waals surface area contributed by atoms with Crippen LogP contribution in [0.15, 0.2) is 6.07 Å². The van der Waals surface area contributed by atoms with E-state index in [9.17, 15) is 0 Å². The first kappa shape index (κ1) is 13.4. The summed E-state index contributed by atoms with van der Waals surface area (Å²) < 4.78 is 0. The molecule has 1 aromatic rings. The number of hydrogen-bond acceptors (Lipinski definition) is 6. The van der Waals surface area contributed by atoms with Crippen LogP contribution in [0.2, 0.25) is 0 Å². The zero-order chi connectivity index (χ0) is 14.1. The molecule has 0 amide bonds. The maximum absolute atomic E-state index is 5.84. The fourth-order valence-corrected chi connectivity index (χ4v) is 3.22. The van der Waals surface area contributed by atoms with Crippen molar-refractivity contribution in [3.05, 3.63) is 6.07 Å². The van der Waals surface area contributed by atoms with E-state index in [1.54, 1.807) is 0 Å². The highest BCUT2D eigenvalue weighted by Crippen LogP contribution is 2.29. The Morgan fingerprint density at radius 1 is 1.40 bits per heavy atom. The summed E-state index contributed by atoms with van der Waals surface area (Å²) in [5.74, 6) is 2.83. The first-order valence-electron chi connectivity index (χ1n) is 7.51. The van der Waals surface area contributed by atoms with E-state index in [0.29, 0.717) is 18.0 Å². The lowest BCUT2D eigenvalue weighted by atomic mass is 9.94. The Bertz CT molecular complexity index is 461. The number of hydrogen-bond donors (Lipinski definition) is 3. The quantitative estimate of drug-likeness (QED) is 0.766. The summed E-state index contributed by atoms with van der Waals surface area (Å²) in [7, 11) is 0. The summed E-state index contributed by atoms with van der Waals surface area (Å²) >= 11 is 0. The van der Waals surface area contributed by atoms with Crippen molar-refractivity contribution < 1.29 is 0 Å². The molecule has 0 saturated carbocycles. The third-order valence-electron chi connectivity index (χ3n) is 4.09. The number of piperidine rings is 1. The lowest BCUT2D eigenvalue weighted by molar-refractivity contribution is 0.340. The van der Waals surface area contributed by atoms with Crippen molar-refractivity contribution in [1.82, 2.24) is 15.3 Å². The van der Waals surface area contributed by atoms with Gasteiger partial charge in [-0.25, -0.2) is 0 Å². The molecular formula is C14H24N6. The summed E-state index contributed by atoms with van der Waals surface area (Å²) in [5.41, 5.74) is 5.84. The second kappa shape index (κ2) is 5.44. The third-order valence-corrected chi connectivity index (χ3v) is 4.09. The summed E-state index contributed by atoms with van der Waals surface area (Å²) in [6.07, 6.45) is 2.59. The van der Waals surface area contributed by atoms with Crippen molar-refractivity contribution in [2.75, 3.05) is 35.6 Å². The average molecular weight is 276 g/mol. The minimum absolute atomic E-state index is 0.333. The van der Waals surface area contributed by atoms with Gasteiger partial charge in [0.1, 0.15) is 11.6 Å². The molecule has 2 fully saturated rings. The zero-order valence-electron chi connectivity index (χ0n) is 12.3. The van der Waals surface area contributed by atoms with Gasteiger partial charge in [0.15, 0.2) is 0 Å². The van der Waals surface area contributed by atoms with Crippen molar-refractivity contribution in [2.24, 2.45) is 5.92 Å². The molecule has 3 heterocycles. The maximum atomic E-state index is 5.84. The molecule has 0 aliphatic carbocycles. The van der Waals surface area contributed by atoms with Gasteiger partial charge in [0.2, 0.25) is 5.95 Å². The molecule has 2 atom stereocenters. The van der Waals surface area contributed by atoms with E-state index in [-0.39, 0.29) is 0 Å². The Morgan fingerprint density at radius 2 is 2.25 bits per heavy atom. The number of nitrogens with zero attached hydrogens (tertiary/aromatic N) is 3. The van der Waals surface area contributed by atoms with Crippen LogP contribution in [0.25, 0.3) is 0 Å². The molecule has 6 heteroatoms. The van der Waals surface area contributed by atoms with Gasteiger partial charge in [0.25, 0.3) is 0 Å². The minimum Gasteiger partial charge on any atom is -0.368 e. The minimum atomic E-state index is 0.333. The number of nitrogens with two attached hydrogens (primary N) is 1. The lowest BCUT2D eigenvalue weighted by Crippen LogP contribution is -2.40. The van der Waals surface area contributed by atoms with Crippen LogP contribution >= 0.6 is 0 Å². The smallest absolute Gasteiger partial charge is 0.223 e. The Labute approximate surface area is 120 Å². The molecule has 0 bridgehead atoms.